The zero-order valence-corrected chi connectivity index (χ0v) is 15.8. The van der Waals surface area contributed by atoms with Crippen LogP contribution in [-0.2, 0) is 4.74 Å². The van der Waals surface area contributed by atoms with Crippen LogP contribution in [0.15, 0.2) is 48.5 Å². The first kappa shape index (κ1) is 17.3. The first-order chi connectivity index (χ1) is 13.0. The van der Waals surface area contributed by atoms with E-state index < -0.39 is 0 Å². The van der Waals surface area contributed by atoms with Gasteiger partial charge in [-0.25, -0.2) is 9.78 Å². The summed E-state index contributed by atoms with van der Waals surface area (Å²) in [6.45, 7) is 7.31. The lowest BCUT2D eigenvalue weighted by Gasteiger charge is -2.19. The minimum atomic E-state index is -0.282. The Labute approximate surface area is 159 Å². The van der Waals surface area contributed by atoms with Gasteiger partial charge in [-0.1, -0.05) is 24.3 Å². The second kappa shape index (κ2) is 6.91. The molecule has 2 aromatic carbocycles. The summed E-state index contributed by atoms with van der Waals surface area (Å²) in [5.41, 5.74) is 5.35. The Morgan fingerprint density at radius 3 is 2.78 bits per heavy atom. The summed E-state index contributed by atoms with van der Waals surface area (Å²) in [5.74, 6) is 0.851. The number of fused-ring (bicyclic) bond motifs is 1. The van der Waals surface area contributed by atoms with Crippen LogP contribution >= 0.6 is 0 Å². The molecule has 1 saturated heterocycles. The van der Waals surface area contributed by atoms with Crippen LogP contribution < -0.4 is 10.2 Å². The van der Waals surface area contributed by atoms with Crippen molar-refractivity contribution in [1.82, 2.24) is 4.98 Å². The molecule has 0 aliphatic carbocycles. The minimum Gasteiger partial charge on any atom is -0.447 e. The van der Waals surface area contributed by atoms with Crippen molar-refractivity contribution in [2.45, 2.75) is 26.8 Å². The molecule has 4 rings (SSSR count). The van der Waals surface area contributed by atoms with Crippen molar-refractivity contribution in [3.8, 4) is 0 Å². The molecule has 5 heteroatoms. The van der Waals surface area contributed by atoms with Crippen LogP contribution in [0.5, 0.6) is 0 Å². The van der Waals surface area contributed by atoms with Crippen molar-refractivity contribution >= 4 is 28.5 Å². The van der Waals surface area contributed by atoms with Crippen LogP contribution in [0.1, 0.15) is 29.7 Å². The topological polar surface area (TPSA) is 54.5 Å². The van der Waals surface area contributed by atoms with Gasteiger partial charge in [0.25, 0.3) is 0 Å². The van der Waals surface area contributed by atoms with Crippen molar-refractivity contribution in [2.75, 3.05) is 23.4 Å². The molecule has 1 N–H and O–H groups in total. The van der Waals surface area contributed by atoms with Gasteiger partial charge in [0.2, 0.25) is 0 Å². The average molecular weight is 361 g/mol. The minimum absolute atomic E-state index is 0.0535. The van der Waals surface area contributed by atoms with Crippen LogP contribution in [0.25, 0.3) is 10.9 Å². The van der Waals surface area contributed by atoms with Crippen LogP contribution in [0.3, 0.4) is 0 Å². The second-order valence-electron chi connectivity index (χ2n) is 7.07. The number of amides is 1. The zero-order chi connectivity index (χ0) is 19.0. The highest BCUT2D eigenvalue weighted by molar-refractivity contribution is 5.89. The number of aromatic nitrogens is 1. The highest BCUT2D eigenvalue weighted by Gasteiger charge is 2.24. The number of benzene rings is 2. The molecule has 3 aromatic rings. The number of anilines is 2. The molecule has 1 aliphatic heterocycles. The Hall–Kier alpha value is -3.08. The molecule has 1 aromatic heterocycles. The molecule has 0 bridgehead atoms. The third-order valence-corrected chi connectivity index (χ3v) is 4.98. The number of carbonyl (C=O) groups excluding carboxylic acids is 1. The summed E-state index contributed by atoms with van der Waals surface area (Å²) in [7, 11) is 0. The van der Waals surface area contributed by atoms with Crippen LogP contribution in [0, 0.1) is 13.8 Å². The summed E-state index contributed by atoms with van der Waals surface area (Å²) in [5, 5.41) is 4.67. The third-order valence-electron chi connectivity index (χ3n) is 4.98. The lowest BCUT2D eigenvalue weighted by molar-refractivity contribution is 0.181. The lowest BCUT2D eigenvalue weighted by Crippen LogP contribution is -2.23. The summed E-state index contributed by atoms with van der Waals surface area (Å²) < 4.78 is 5.04. The standard InChI is InChI=1S/C22H23N3O2/c1-14-7-8-19-15(2)12-21(24-20(19)11-14)23-16(3)17-5-4-6-18(13-17)25-9-10-27-22(25)26/h4-8,11-13,16H,9-10H2,1-3H3,(H,23,24). The maximum atomic E-state index is 11.8. The molecule has 27 heavy (non-hydrogen) atoms. The number of hydrogen-bond acceptors (Lipinski definition) is 4. The largest absolute Gasteiger partial charge is 0.447 e. The molecule has 1 aliphatic rings. The Morgan fingerprint density at radius 2 is 2.00 bits per heavy atom. The number of hydrogen-bond donors (Lipinski definition) is 1. The van der Waals surface area contributed by atoms with Gasteiger partial charge in [-0.3, -0.25) is 4.90 Å². The van der Waals surface area contributed by atoms with Crippen molar-refractivity contribution in [1.29, 1.82) is 0 Å². The Kier molecular flexibility index (Phi) is 4.44. The van der Waals surface area contributed by atoms with Gasteiger partial charge >= 0.3 is 6.09 Å². The quantitative estimate of drug-likeness (QED) is 0.712. The number of rotatable bonds is 4. The predicted molar refractivity (Wildman–Crippen MR) is 108 cm³/mol. The van der Waals surface area contributed by atoms with Gasteiger partial charge in [0.05, 0.1) is 18.1 Å². The van der Waals surface area contributed by atoms with Gasteiger partial charge in [0, 0.05) is 11.1 Å². The van der Waals surface area contributed by atoms with Crippen molar-refractivity contribution < 1.29 is 9.53 Å². The first-order valence-corrected chi connectivity index (χ1v) is 9.20. The fourth-order valence-electron chi connectivity index (χ4n) is 3.48. The van der Waals surface area contributed by atoms with E-state index in [4.69, 9.17) is 9.72 Å². The smallest absolute Gasteiger partial charge is 0.414 e. The van der Waals surface area contributed by atoms with Crippen LogP contribution in [0.2, 0.25) is 0 Å². The van der Waals surface area contributed by atoms with E-state index in [2.05, 4.69) is 56.4 Å². The van der Waals surface area contributed by atoms with Crippen LogP contribution in [0.4, 0.5) is 16.3 Å². The van der Waals surface area contributed by atoms with Crippen molar-refractivity contribution in [2.24, 2.45) is 0 Å². The van der Waals surface area contributed by atoms with E-state index in [1.165, 1.54) is 16.5 Å². The Balaban J connectivity index is 1.60. The predicted octanol–water partition coefficient (Wildman–Crippen LogP) is 4.98. The fourth-order valence-corrected chi connectivity index (χ4v) is 3.48. The highest BCUT2D eigenvalue weighted by Crippen LogP contribution is 2.27. The summed E-state index contributed by atoms with van der Waals surface area (Å²) in [6, 6.07) is 16.5. The molecular weight excluding hydrogens is 338 g/mol. The summed E-state index contributed by atoms with van der Waals surface area (Å²) in [4.78, 5) is 18.3. The number of aryl methyl sites for hydroxylation is 2. The number of carbonyl (C=O) groups is 1. The molecule has 2 heterocycles. The van der Waals surface area contributed by atoms with E-state index in [1.807, 2.05) is 18.2 Å². The van der Waals surface area contributed by atoms with Gasteiger partial charge in [-0.2, -0.15) is 0 Å². The van der Waals surface area contributed by atoms with Gasteiger partial charge < -0.3 is 10.1 Å². The van der Waals surface area contributed by atoms with Gasteiger partial charge in [-0.05, 0) is 61.7 Å². The first-order valence-electron chi connectivity index (χ1n) is 9.20. The van der Waals surface area contributed by atoms with Crippen molar-refractivity contribution in [3.05, 3.63) is 65.2 Å². The number of nitrogens with one attached hydrogen (secondary N) is 1. The van der Waals surface area contributed by atoms with E-state index in [0.717, 1.165) is 22.6 Å². The highest BCUT2D eigenvalue weighted by atomic mass is 16.6. The normalized spacial score (nSPS) is 15.1. The second-order valence-corrected chi connectivity index (χ2v) is 7.07. The van der Waals surface area contributed by atoms with Crippen molar-refractivity contribution in [3.63, 3.8) is 0 Å². The molecule has 1 amide bonds. The molecule has 0 radical (unpaired) electrons. The van der Waals surface area contributed by atoms with Crippen LogP contribution in [-0.4, -0.2) is 24.2 Å². The fraction of sp³-hybridized carbons (Fsp3) is 0.273. The molecule has 1 fully saturated rings. The zero-order valence-electron chi connectivity index (χ0n) is 15.8. The number of cyclic esters (lactones) is 1. The van der Waals surface area contributed by atoms with Gasteiger partial charge in [0.1, 0.15) is 12.4 Å². The lowest BCUT2D eigenvalue weighted by atomic mass is 10.1. The Morgan fingerprint density at radius 1 is 1.15 bits per heavy atom. The summed E-state index contributed by atoms with van der Waals surface area (Å²) in [6.07, 6.45) is -0.282. The number of pyridine rings is 1. The molecule has 0 spiro atoms. The molecular formula is C22H23N3O2. The third kappa shape index (κ3) is 3.45. The SMILES string of the molecule is Cc1ccc2c(C)cc(NC(C)c3cccc(N4CCOC4=O)c3)nc2c1. The molecule has 0 saturated carbocycles. The molecule has 1 unspecified atom stereocenters. The number of ether oxygens (including phenoxy) is 1. The number of nitrogens with zero attached hydrogens (tertiary/aromatic N) is 2. The molecule has 5 nitrogen and oxygen atoms in total. The summed E-state index contributed by atoms with van der Waals surface area (Å²) >= 11 is 0. The van der Waals surface area contributed by atoms with E-state index in [0.29, 0.717) is 13.2 Å². The molecule has 1 atom stereocenters. The monoisotopic (exact) mass is 361 g/mol. The van der Waals surface area contributed by atoms with E-state index in [1.54, 1.807) is 4.90 Å². The van der Waals surface area contributed by atoms with E-state index in [-0.39, 0.29) is 12.1 Å². The molecule has 138 valence electrons. The average Bonchev–Trinajstić information content (AvgIpc) is 3.07. The van der Waals surface area contributed by atoms with E-state index in [9.17, 15) is 4.79 Å². The van der Waals surface area contributed by atoms with Gasteiger partial charge in [0.15, 0.2) is 0 Å². The maximum absolute atomic E-state index is 11.8. The maximum Gasteiger partial charge on any atom is 0.414 e. The van der Waals surface area contributed by atoms with E-state index >= 15 is 0 Å². The van der Waals surface area contributed by atoms with Gasteiger partial charge in [-0.15, -0.1) is 0 Å². The Bertz CT molecular complexity index is 1020.